The number of thioether (sulfide) groups is 1. The van der Waals surface area contributed by atoms with E-state index in [0.717, 1.165) is 0 Å². The van der Waals surface area contributed by atoms with Gasteiger partial charge in [0.2, 0.25) is 0 Å². The summed E-state index contributed by atoms with van der Waals surface area (Å²) in [6, 6.07) is 6.35. The first kappa shape index (κ1) is 13.8. The molecule has 0 spiro atoms. The van der Waals surface area contributed by atoms with Gasteiger partial charge in [0.05, 0.1) is 6.61 Å². The summed E-state index contributed by atoms with van der Waals surface area (Å²) in [5.41, 5.74) is 0.883. The summed E-state index contributed by atoms with van der Waals surface area (Å²) in [5.74, 6) is -0.215. The van der Waals surface area contributed by atoms with Gasteiger partial charge in [-0.05, 0) is 25.3 Å². The van der Waals surface area contributed by atoms with Gasteiger partial charge in [0.25, 0.3) is 0 Å². The van der Waals surface area contributed by atoms with Crippen LogP contribution in [0, 0.1) is 5.82 Å². The van der Waals surface area contributed by atoms with E-state index in [1.54, 1.807) is 31.2 Å². The molecule has 2 nitrogen and oxygen atoms in total. The fourth-order valence-electron chi connectivity index (χ4n) is 1.32. The lowest BCUT2D eigenvalue weighted by atomic mass is 10.1. The number of benzene rings is 1. The molecule has 0 amide bonds. The lowest BCUT2D eigenvalue weighted by Crippen LogP contribution is -2.09. The fraction of sp³-hybridized carbons (Fsp3) is 0.308. The number of esters is 1. The van der Waals surface area contributed by atoms with Crippen molar-refractivity contribution in [1.82, 2.24) is 0 Å². The van der Waals surface area contributed by atoms with Crippen molar-refractivity contribution < 1.29 is 13.9 Å². The molecule has 4 heteroatoms. The maximum Gasteiger partial charge on any atom is 0.334 e. The van der Waals surface area contributed by atoms with Gasteiger partial charge in [-0.2, -0.15) is 11.8 Å². The predicted molar refractivity (Wildman–Crippen MR) is 69.4 cm³/mol. The number of carbonyl (C=O) groups excluding carboxylic acids is 1. The molecular formula is C13H15FO2S. The van der Waals surface area contributed by atoms with Gasteiger partial charge in [-0.1, -0.05) is 18.2 Å². The third-order valence-electron chi connectivity index (χ3n) is 2.07. The molecule has 92 valence electrons. The summed E-state index contributed by atoms with van der Waals surface area (Å²) in [5, 5.41) is 0. The number of ether oxygens (including phenoxy) is 1. The second kappa shape index (κ2) is 7.12. The second-order valence-corrected chi connectivity index (χ2v) is 4.21. The van der Waals surface area contributed by atoms with Gasteiger partial charge in [0.15, 0.2) is 0 Å². The molecule has 0 aromatic heterocycles. The zero-order valence-electron chi connectivity index (χ0n) is 9.90. The third-order valence-corrected chi connectivity index (χ3v) is 2.67. The summed E-state index contributed by atoms with van der Waals surface area (Å²) < 4.78 is 18.4. The Bertz CT molecular complexity index is 416. The third kappa shape index (κ3) is 4.23. The van der Waals surface area contributed by atoms with Crippen molar-refractivity contribution >= 4 is 23.8 Å². The molecule has 0 unspecified atom stereocenters. The summed E-state index contributed by atoms with van der Waals surface area (Å²) >= 11 is 1.50. The van der Waals surface area contributed by atoms with E-state index in [2.05, 4.69) is 0 Å². The molecule has 1 rings (SSSR count). The van der Waals surface area contributed by atoms with Gasteiger partial charge in [-0.25, -0.2) is 9.18 Å². The molecule has 0 radical (unpaired) electrons. The van der Waals surface area contributed by atoms with E-state index in [1.807, 2.05) is 6.26 Å². The van der Waals surface area contributed by atoms with Crippen molar-refractivity contribution in [3.05, 3.63) is 41.2 Å². The lowest BCUT2D eigenvalue weighted by molar-refractivity contribution is -0.138. The number of halogens is 1. The Morgan fingerprint density at radius 1 is 1.47 bits per heavy atom. The summed E-state index contributed by atoms with van der Waals surface area (Å²) in [6.45, 7) is 2.07. The molecule has 0 bridgehead atoms. The van der Waals surface area contributed by atoms with Crippen LogP contribution in [0.1, 0.15) is 12.5 Å². The molecule has 1 aromatic carbocycles. The maximum atomic E-state index is 13.4. The SMILES string of the molecule is CCOC(=O)/C(=C/c1ccccc1F)CSC. The molecule has 0 N–H and O–H groups in total. The Kier molecular flexibility index (Phi) is 5.77. The minimum absolute atomic E-state index is 0.321. The minimum atomic E-state index is -0.384. The smallest absolute Gasteiger partial charge is 0.334 e. The van der Waals surface area contributed by atoms with Gasteiger partial charge in [0, 0.05) is 16.9 Å². The van der Waals surface area contributed by atoms with Crippen molar-refractivity contribution in [2.24, 2.45) is 0 Å². The first-order valence-corrected chi connectivity index (χ1v) is 6.69. The summed E-state index contributed by atoms with van der Waals surface area (Å²) in [6.07, 6.45) is 3.43. The Labute approximate surface area is 105 Å². The van der Waals surface area contributed by atoms with Crippen molar-refractivity contribution in [3.8, 4) is 0 Å². The van der Waals surface area contributed by atoms with Crippen LogP contribution < -0.4 is 0 Å². The van der Waals surface area contributed by atoms with Crippen LogP contribution in [0.25, 0.3) is 6.08 Å². The first-order valence-electron chi connectivity index (χ1n) is 5.30. The van der Waals surface area contributed by atoms with Crippen LogP contribution in [-0.4, -0.2) is 24.6 Å². The molecule has 0 aliphatic heterocycles. The number of carbonyl (C=O) groups is 1. The predicted octanol–water partition coefficient (Wildman–Crippen LogP) is 3.14. The molecule has 0 heterocycles. The monoisotopic (exact) mass is 254 g/mol. The highest BCUT2D eigenvalue weighted by molar-refractivity contribution is 7.98. The van der Waals surface area contributed by atoms with Crippen LogP contribution in [0.15, 0.2) is 29.8 Å². The van der Waals surface area contributed by atoms with Crippen LogP contribution in [0.4, 0.5) is 4.39 Å². The van der Waals surface area contributed by atoms with E-state index < -0.39 is 0 Å². The number of hydrogen-bond donors (Lipinski definition) is 0. The minimum Gasteiger partial charge on any atom is -0.463 e. The van der Waals surface area contributed by atoms with Gasteiger partial charge in [-0.3, -0.25) is 0 Å². The first-order chi connectivity index (χ1) is 8.19. The van der Waals surface area contributed by atoms with Gasteiger partial charge in [-0.15, -0.1) is 0 Å². The highest BCUT2D eigenvalue weighted by Gasteiger charge is 2.11. The van der Waals surface area contributed by atoms with E-state index in [0.29, 0.717) is 23.5 Å². The van der Waals surface area contributed by atoms with Crippen LogP contribution in [0.5, 0.6) is 0 Å². The van der Waals surface area contributed by atoms with Crippen LogP contribution in [0.3, 0.4) is 0 Å². The zero-order chi connectivity index (χ0) is 12.7. The maximum absolute atomic E-state index is 13.4. The molecule has 0 aliphatic carbocycles. The molecule has 0 aliphatic rings. The number of hydrogen-bond acceptors (Lipinski definition) is 3. The second-order valence-electron chi connectivity index (χ2n) is 3.34. The zero-order valence-corrected chi connectivity index (χ0v) is 10.7. The fourth-order valence-corrected chi connectivity index (χ4v) is 1.83. The van der Waals surface area contributed by atoms with Crippen LogP contribution in [-0.2, 0) is 9.53 Å². The molecule has 1 aromatic rings. The quantitative estimate of drug-likeness (QED) is 0.596. The highest BCUT2D eigenvalue weighted by atomic mass is 32.2. The van der Waals surface area contributed by atoms with E-state index in [4.69, 9.17) is 4.74 Å². The van der Waals surface area contributed by atoms with E-state index >= 15 is 0 Å². The molecule has 0 fully saturated rings. The van der Waals surface area contributed by atoms with Gasteiger partial charge < -0.3 is 4.74 Å². The largest absolute Gasteiger partial charge is 0.463 e. The topological polar surface area (TPSA) is 26.3 Å². The molecule has 0 saturated carbocycles. The molecule has 17 heavy (non-hydrogen) atoms. The van der Waals surface area contributed by atoms with E-state index in [1.165, 1.54) is 17.8 Å². The Morgan fingerprint density at radius 3 is 2.76 bits per heavy atom. The summed E-state index contributed by atoms with van der Waals surface area (Å²) in [4.78, 5) is 11.6. The number of rotatable bonds is 5. The van der Waals surface area contributed by atoms with Gasteiger partial charge in [0.1, 0.15) is 5.82 Å². The van der Waals surface area contributed by atoms with Crippen molar-refractivity contribution in [2.45, 2.75) is 6.92 Å². The van der Waals surface area contributed by atoms with Gasteiger partial charge >= 0.3 is 5.97 Å². The lowest BCUT2D eigenvalue weighted by Gasteiger charge is -2.06. The highest BCUT2D eigenvalue weighted by Crippen LogP contribution is 2.15. The molecule has 0 atom stereocenters. The van der Waals surface area contributed by atoms with Crippen molar-refractivity contribution in [2.75, 3.05) is 18.6 Å². The Balaban J connectivity index is 2.97. The Hall–Kier alpha value is -1.29. The van der Waals surface area contributed by atoms with E-state index in [-0.39, 0.29) is 11.8 Å². The molecular weight excluding hydrogens is 239 g/mol. The normalized spacial score (nSPS) is 11.4. The van der Waals surface area contributed by atoms with Crippen molar-refractivity contribution in [3.63, 3.8) is 0 Å². The molecule has 0 saturated heterocycles. The summed E-state index contributed by atoms with van der Waals surface area (Å²) in [7, 11) is 0. The average molecular weight is 254 g/mol. The van der Waals surface area contributed by atoms with E-state index in [9.17, 15) is 9.18 Å². The Morgan fingerprint density at radius 2 is 2.18 bits per heavy atom. The van der Waals surface area contributed by atoms with Crippen LogP contribution >= 0.6 is 11.8 Å². The standard InChI is InChI=1S/C13H15FO2S/c1-3-16-13(15)11(9-17-2)8-10-6-4-5-7-12(10)14/h4-8H,3,9H2,1-2H3/b11-8+. The average Bonchev–Trinajstić information content (AvgIpc) is 2.31. The van der Waals surface area contributed by atoms with Crippen LogP contribution in [0.2, 0.25) is 0 Å². The van der Waals surface area contributed by atoms with Crippen molar-refractivity contribution in [1.29, 1.82) is 0 Å².